The fourth-order valence-corrected chi connectivity index (χ4v) is 2.97. The van der Waals surface area contributed by atoms with Crippen LogP contribution >= 0.6 is 0 Å². The largest absolute Gasteiger partial charge is 0.375 e. The molecule has 0 spiro atoms. The quantitative estimate of drug-likeness (QED) is 0.900. The van der Waals surface area contributed by atoms with Crippen molar-refractivity contribution < 1.29 is 9.53 Å². The third-order valence-electron chi connectivity index (χ3n) is 4.10. The van der Waals surface area contributed by atoms with Crippen molar-refractivity contribution in [3.8, 4) is 0 Å². The summed E-state index contributed by atoms with van der Waals surface area (Å²) < 4.78 is 7.64. The number of urea groups is 1. The van der Waals surface area contributed by atoms with Crippen molar-refractivity contribution in [3.05, 3.63) is 18.2 Å². The van der Waals surface area contributed by atoms with E-state index in [1.165, 1.54) is 0 Å². The average Bonchev–Trinajstić information content (AvgIpc) is 2.88. The summed E-state index contributed by atoms with van der Waals surface area (Å²) in [6.07, 6.45) is 6.33. The van der Waals surface area contributed by atoms with Gasteiger partial charge >= 0.3 is 6.03 Å². The van der Waals surface area contributed by atoms with Gasteiger partial charge in [-0.05, 0) is 19.8 Å². The maximum atomic E-state index is 12.0. The number of rotatable bonds is 4. The summed E-state index contributed by atoms with van der Waals surface area (Å²) in [5.74, 6) is 1.44. The number of amides is 2. The molecule has 1 aromatic heterocycles. The second-order valence-corrected chi connectivity index (χ2v) is 5.49. The van der Waals surface area contributed by atoms with Crippen molar-refractivity contribution in [3.63, 3.8) is 0 Å². The number of fused-ring (bicyclic) bond motifs is 1. The SMILES string of the molecule is CCOC1CN(C(=O)NC[C@H]2CCCn3ccnc32)C1. The van der Waals surface area contributed by atoms with E-state index < -0.39 is 0 Å². The Morgan fingerprint density at radius 1 is 1.55 bits per heavy atom. The zero-order chi connectivity index (χ0) is 13.9. The summed E-state index contributed by atoms with van der Waals surface area (Å²) in [6.45, 7) is 5.82. The van der Waals surface area contributed by atoms with E-state index in [1.807, 2.05) is 19.3 Å². The van der Waals surface area contributed by atoms with Crippen LogP contribution in [0.1, 0.15) is 31.5 Å². The number of aryl methyl sites for hydroxylation is 1. The molecular weight excluding hydrogens is 256 g/mol. The molecule has 2 aliphatic heterocycles. The van der Waals surface area contributed by atoms with E-state index in [1.54, 1.807) is 4.90 Å². The number of hydrogen-bond donors (Lipinski definition) is 1. The number of nitrogens with zero attached hydrogens (tertiary/aromatic N) is 3. The summed E-state index contributed by atoms with van der Waals surface area (Å²) in [4.78, 5) is 18.2. The molecule has 1 fully saturated rings. The number of likely N-dealkylation sites (tertiary alicyclic amines) is 1. The highest BCUT2D eigenvalue weighted by atomic mass is 16.5. The Bertz CT molecular complexity index is 467. The Hall–Kier alpha value is -1.56. The molecule has 0 unspecified atom stereocenters. The minimum atomic E-state index is 0.0182. The molecule has 0 radical (unpaired) electrons. The van der Waals surface area contributed by atoms with Crippen LogP contribution in [0.25, 0.3) is 0 Å². The van der Waals surface area contributed by atoms with Gasteiger partial charge in [-0.25, -0.2) is 9.78 Å². The third kappa shape index (κ3) is 2.65. The molecule has 110 valence electrons. The van der Waals surface area contributed by atoms with Crippen LogP contribution in [0.2, 0.25) is 0 Å². The molecule has 2 aliphatic rings. The number of aromatic nitrogens is 2. The van der Waals surface area contributed by atoms with Crippen LogP contribution in [-0.4, -0.2) is 52.8 Å². The third-order valence-corrected chi connectivity index (χ3v) is 4.10. The van der Waals surface area contributed by atoms with Crippen molar-refractivity contribution in [2.45, 2.75) is 38.3 Å². The predicted octanol–water partition coefficient (Wildman–Crippen LogP) is 1.19. The Labute approximate surface area is 119 Å². The lowest BCUT2D eigenvalue weighted by atomic mass is 9.99. The summed E-state index contributed by atoms with van der Waals surface area (Å²) in [7, 11) is 0. The highest BCUT2D eigenvalue weighted by Crippen LogP contribution is 2.25. The van der Waals surface area contributed by atoms with E-state index in [-0.39, 0.29) is 12.1 Å². The number of carbonyl (C=O) groups is 1. The normalized spacial score (nSPS) is 22.2. The molecule has 3 heterocycles. The van der Waals surface area contributed by atoms with E-state index >= 15 is 0 Å². The van der Waals surface area contributed by atoms with Crippen molar-refractivity contribution >= 4 is 6.03 Å². The van der Waals surface area contributed by atoms with E-state index in [0.717, 1.165) is 25.2 Å². The van der Waals surface area contributed by atoms with Gasteiger partial charge in [0.2, 0.25) is 0 Å². The first-order valence-electron chi connectivity index (χ1n) is 7.43. The van der Waals surface area contributed by atoms with Crippen molar-refractivity contribution in [1.82, 2.24) is 19.8 Å². The van der Waals surface area contributed by atoms with Crippen molar-refractivity contribution in [1.29, 1.82) is 0 Å². The smallest absolute Gasteiger partial charge is 0.317 e. The van der Waals surface area contributed by atoms with Crippen LogP contribution in [0.5, 0.6) is 0 Å². The molecule has 0 bridgehead atoms. The second-order valence-electron chi connectivity index (χ2n) is 5.49. The summed E-state index contributed by atoms with van der Waals surface area (Å²) in [5, 5.41) is 3.03. The summed E-state index contributed by atoms with van der Waals surface area (Å²) in [6, 6.07) is 0.0182. The minimum absolute atomic E-state index is 0.0182. The molecule has 3 rings (SSSR count). The summed E-state index contributed by atoms with van der Waals surface area (Å²) >= 11 is 0. The number of imidazole rings is 1. The Morgan fingerprint density at radius 3 is 3.20 bits per heavy atom. The van der Waals surface area contributed by atoms with Gasteiger partial charge in [0, 0.05) is 38.0 Å². The van der Waals surface area contributed by atoms with Crippen molar-refractivity contribution in [2.75, 3.05) is 26.2 Å². The number of nitrogens with one attached hydrogen (secondary N) is 1. The van der Waals surface area contributed by atoms with E-state index in [2.05, 4.69) is 14.9 Å². The van der Waals surface area contributed by atoms with Crippen LogP contribution in [0.3, 0.4) is 0 Å². The second kappa shape index (κ2) is 5.83. The number of ether oxygens (including phenoxy) is 1. The molecule has 20 heavy (non-hydrogen) atoms. The number of hydrogen-bond acceptors (Lipinski definition) is 3. The lowest BCUT2D eigenvalue weighted by molar-refractivity contribution is -0.0300. The Kier molecular flexibility index (Phi) is 3.91. The van der Waals surface area contributed by atoms with Crippen LogP contribution in [0.15, 0.2) is 12.4 Å². The monoisotopic (exact) mass is 278 g/mol. The van der Waals surface area contributed by atoms with E-state index in [0.29, 0.717) is 32.2 Å². The minimum Gasteiger partial charge on any atom is -0.375 e. The first-order chi connectivity index (χ1) is 9.78. The molecule has 6 nitrogen and oxygen atoms in total. The molecule has 2 amide bonds. The zero-order valence-electron chi connectivity index (χ0n) is 11.9. The fourth-order valence-electron chi connectivity index (χ4n) is 2.97. The predicted molar refractivity (Wildman–Crippen MR) is 74.6 cm³/mol. The molecule has 1 atom stereocenters. The highest BCUT2D eigenvalue weighted by Gasteiger charge is 2.31. The molecule has 1 aromatic rings. The average molecular weight is 278 g/mol. The van der Waals surface area contributed by atoms with Gasteiger partial charge in [-0.1, -0.05) is 0 Å². The maximum absolute atomic E-state index is 12.0. The van der Waals surface area contributed by atoms with Crippen LogP contribution in [0.4, 0.5) is 4.79 Å². The van der Waals surface area contributed by atoms with Gasteiger partial charge < -0.3 is 19.5 Å². The maximum Gasteiger partial charge on any atom is 0.317 e. The van der Waals surface area contributed by atoms with Gasteiger partial charge in [-0.2, -0.15) is 0 Å². The molecule has 6 heteroatoms. The Morgan fingerprint density at radius 2 is 2.40 bits per heavy atom. The zero-order valence-corrected chi connectivity index (χ0v) is 11.9. The lowest BCUT2D eigenvalue weighted by Crippen LogP contribution is -2.58. The standard InChI is InChI=1S/C14H22N4O2/c1-2-20-12-9-18(10-12)14(19)16-8-11-4-3-6-17-7-5-15-13(11)17/h5,7,11-12H,2-4,6,8-10H2,1H3,(H,16,19)/t11-/m1/s1. The molecule has 1 N–H and O–H groups in total. The fraction of sp³-hybridized carbons (Fsp3) is 0.714. The van der Waals surface area contributed by atoms with E-state index in [9.17, 15) is 4.79 Å². The van der Waals surface area contributed by atoms with Gasteiger partial charge in [0.05, 0.1) is 19.2 Å². The molecular formula is C14H22N4O2. The Balaban J connectivity index is 1.46. The van der Waals surface area contributed by atoms with E-state index in [4.69, 9.17) is 4.74 Å². The summed E-state index contributed by atoms with van der Waals surface area (Å²) in [5.41, 5.74) is 0. The van der Waals surface area contributed by atoms with Crippen molar-refractivity contribution in [2.24, 2.45) is 0 Å². The first kappa shape index (κ1) is 13.4. The van der Waals surface area contributed by atoms with Gasteiger partial charge in [0.25, 0.3) is 0 Å². The topological polar surface area (TPSA) is 59.4 Å². The molecule has 1 saturated heterocycles. The van der Waals surface area contributed by atoms with Gasteiger partial charge in [0.1, 0.15) is 5.82 Å². The molecule has 0 aliphatic carbocycles. The van der Waals surface area contributed by atoms with Gasteiger partial charge in [0.15, 0.2) is 0 Å². The lowest BCUT2D eigenvalue weighted by Gasteiger charge is -2.38. The van der Waals surface area contributed by atoms with Crippen LogP contribution < -0.4 is 5.32 Å². The molecule has 0 aromatic carbocycles. The highest BCUT2D eigenvalue weighted by molar-refractivity contribution is 5.75. The molecule has 0 saturated carbocycles. The van der Waals surface area contributed by atoms with Gasteiger partial charge in [-0.3, -0.25) is 0 Å². The van der Waals surface area contributed by atoms with Crippen LogP contribution in [-0.2, 0) is 11.3 Å². The van der Waals surface area contributed by atoms with Crippen LogP contribution in [0, 0.1) is 0 Å². The van der Waals surface area contributed by atoms with Gasteiger partial charge in [-0.15, -0.1) is 0 Å². The number of carbonyl (C=O) groups excluding carboxylic acids is 1. The first-order valence-corrected chi connectivity index (χ1v) is 7.43.